The van der Waals surface area contributed by atoms with E-state index in [0.29, 0.717) is 5.69 Å². The molecule has 8 heteroatoms. The molecule has 7 nitrogen and oxygen atoms in total. The second-order valence-corrected chi connectivity index (χ2v) is 5.75. The van der Waals surface area contributed by atoms with E-state index in [-0.39, 0.29) is 13.0 Å². The van der Waals surface area contributed by atoms with Crippen LogP contribution in [0.4, 0.5) is 10.5 Å². The average molecular weight is 307 g/mol. The number of aliphatic hydroxyl groups excluding tert-OH is 1. The van der Waals surface area contributed by atoms with Crippen LogP contribution in [0.2, 0.25) is 0 Å². The van der Waals surface area contributed by atoms with Gasteiger partial charge in [-0.3, -0.25) is 0 Å². The molecule has 2 atom stereocenters. The van der Waals surface area contributed by atoms with Crippen LogP contribution in [0.5, 0.6) is 0 Å². The number of carbonyl (C=O) groups is 2. The SMILES string of the molecule is O=C(O)[C@@H]1C[C@H](O)CN1C(=O)Nc1ccc2ncsc2c1. The van der Waals surface area contributed by atoms with Gasteiger partial charge in [-0.25, -0.2) is 14.6 Å². The summed E-state index contributed by atoms with van der Waals surface area (Å²) in [4.78, 5) is 28.6. The molecule has 2 amide bonds. The lowest BCUT2D eigenvalue weighted by molar-refractivity contribution is -0.141. The number of carboxylic acid groups (broad SMARTS) is 1. The summed E-state index contributed by atoms with van der Waals surface area (Å²) in [7, 11) is 0. The Morgan fingerprint density at radius 3 is 3.00 bits per heavy atom. The van der Waals surface area contributed by atoms with Crippen LogP contribution in [0, 0.1) is 0 Å². The van der Waals surface area contributed by atoms with Crippen molar-refractivity contribution >= 4 is 39.2 Å². The minimum absolute atomic E-state index is 0.0194. The quantitative estimate of drug-likeness (QED) is 0.777. The molecule has 1 aliphatic heterocycles. The van der Waals surface area contributed by atoms with Gasteiger partial charge >= 0.3 is 12.0 Å². The van der Waals surface area contributed by atoms with Gasteiger partial charge in [-0.15, -0.1) is 11.3 Å². The lowest BCUT2D eigenvalue weighted by Crippen LogP contribution is -2.43. The average Bonchev–Trinajstić information content (AvgIpc) is 3.04. The number of urea groups is 1. The Balaban J connectivity index is 1.77. The van der Waals surface area contributed by atoms with Crippen molar-refractivity contribution < 1.29 is 19.8 Å². The van der Waals surface area contributed by atoms with Crippen LogP contribution in [-0.4, -0.2) is 50.8 Å². The summed E-state index contributed by atoms with van der Waals surface area (Å²) in [5.41, 5.74) is 3.13. The van der Waals surface area contributed by atoms with Gasteiger partial charge in [0, 0.05) is 18.7 Å². The molecule has 1 aromatic carbocycles. The number of carbonyl (C=O) groups excluding carboxylic acids is 1. The molecular weight excluding hydrogens is 294 g/mol. The summed E-state index contributed by atoms with van der Waals surface area (Å²) >= 11 is 1.46. The topological polar surface area (TPSA) is 103 Å². The molecule has 0 aliphatic carbocycles. The van der Waals surface area contributed by atoms with Crippen molar-refractivity contribution in [2.75, 3.05) is 11.9 Å². The molecule has 1 aliphatic rings. The number of fused-ring (bicyclic) bond motifs is 1. The molecule has 0 spiro atoms. The number of hydrogen-bond acceptors (Lipinski definition) is 5. The maximum atomic E-state index is 12.2. The highest BCUT2D eigenvalue weighted by atomic mass is 32.1. The number of hydrogen-bond donors (Lipinski definition) is 3. The van der Waals surface area contributed by atoms with Crippen LogP contribution in [0.3, 0.4) is 0 Å². The zero-order valence-electron chi connectivity index (χ0n) is 10.9. The van der Waals surface area contributed by atoms with E-state index in [1.165, 1.54) is 11.3 Å². The third kappa shape index (κ3) is 2.67. The molecule has 1 aromatic heterocycles. The number of benzene rings is 1. The van der Waals surface area contributed by atoms with E-state index < -0.39 is 24.1 Å². The summed E-state index contributed by atoms with van der Waals surface area (Å²) in [6.45, 7) is 0.0194. The molecule has 1 saturated heterocycles. The molecule has 0 unspecified atom stereocenters. The molecule has 3 rings (SSSR count). The number of aromatic nitrogens is 1. The summed E-state index contributed by atoms with van der Waals surface area (Å²) in [6.07, 6.45) is -0.753. The van der Waals surface area contributed by atoms with Crippen LogP contribution < -0.4 is 5.32 Å². The number of nitrogens with one attached hydrogen (secondary N) is 1. The number of nitrogens with zero attached hydrogens (tertiary/aromatic N) is 2. The molecule has 0 bridgehead atoms. The number of thiazole rings is 1. The lowest BCUT2D eigenvalue weighted by Gasteiger charge is -2.21. The second-order valence-electron chi connectivity index (χ2n) is 4.86. The zero-order chi connectivity index (χ0) is 15.0. The Labute approximate surface area is 123 Å². The molecule has 0 radical (unpaired) electrons. The second kappa shape index (κ2) is 5.30. The number of aliphatic hydroxyl groups is 1. The zero-order valence-corrected chi connectivity index (χ0v) is 11.7. The summed E-state index contributed by atoms with van der Waals surface area (Å²) in [5, 5.41) is 21.3. The molecule has 1 fully saturated rings. The fourth-order valence-electron chi connectivity index (χ4n) is 2.40. The van der Waals surface area contributed by atoms with Gasteiger partial charge < -0.3 is 20.4 Å². The summed E-state index contributed by atoms with van der Waals surface area (Å²) in [5.74, 6) is -1.11. The Hall–Kier alpha value is -2.19. The number of rotatable bonds is 2. The van der Waals surface area contributed by atoms with E-state index in [1.807, 2.05) is 0 Å². The van der Waals surface area contributed by atoms with Crippen molar-refractivity contribution in [3.63, 3.8) is 0 Å². The molecule has 0 saturated carbocycles. The summed E-state index contributed by atoms with van der Waals surface area (Å²) in [6, 6.07) is 3.76. The maximum absolute atomic E-state index is 12.2. The monoisotopic (exact) mass is 307 g/mol. The Morgan fingerprint density at radius 1 is 1.43 bits per heavy atom. The number of anilines is 1. The first-order chi connectivity index (χ1) is 10.0. The number of likely N-dealkylation sites (tertiary alicyclic amines) is 1. The first-order valence-corrected chi connectivity index (χ1v) is 7.24. The van der Waals surface area contributed by atoms with Gasteiger partial charge in [-0.05, 0) is 18.2 Å². The smallest absolute Gasteiger partial charge is 0.326 e. The normalized spacial score (nSPS) is 21.7. The van der Waals surface area contributed by atoms with E-state index in [1.54, 1.807) is 23.7 Å². The van der Waals surface area contributed by atoms with Crippen LogP contribution in [0.1, 0.15) is 6.42 Å². The van der Waals surface area contributed by atoms with Crippen molar-refractivity contribution in [2.45, 2.75) is 18.6 Å². The van der Waals surface area contributed by atoms with Crippen LogP contribution in [-0.2, 0) is 4.79 Å². The molecule has 110 valence electrons. The molecule has 21 heavy (non-hydrogen) atoms. The van der Waals surface area contributed by atoms with Gasteiger partial charge in [0.15, 0.2) is 0 Å². The Bertz CT molecular complexity index is 702. The highest BCUT2D eigenvalue weighted by molar-refractivity contribution is 7.16. The predicted molar refractivity (Wildman–Crippen MR) is 77.4 cm³/mol. The molecule has 2 heterocycles. The fraction of sp³-hybridized carbons (Fsp3) is 0.308. The van der Waals surface area contributed by atoms with Crippen molar-refractivity contribution in [1.82, 2.24) is 9.88 Å². The highest BCUT2D eigenvalue weighted by Crippen LogP contribution is 2.23. The fourth-order valence-corrected chi connectivity index (χ4v) is 3.12. The number of carboxylic acids is 1. The van der Waals surface area contributed by atoms with E-state index in [9.17, 15) is 14.7 Å². The molecule has 2 aromatic rings. The van der Waals surface area contributed by atoms with Crippen LogP contribution in [0.25, 0.3) is 10.2 Å². The van der Waals surface area contributed by atoms with Gasteiger partial charge in [0.05, 0.1) is 21.8 Å². The van der Waals surface area contributed by atoms with Gasteiger partial charge in [0.1, 0.15) is 6.04 Å². The van der Waals surface area contributed by atoms with E-state index >= 15 is 0 Å². The minimum Gasteiger partial charge on any atom is -0.480 e. The number of β-amino-alcohol motifs (C(OH)–C–C–N with tert-alkyl or cyclic N) is 1. The van der Waals surface area contributed by atoms with Gasteiger partial charge in [-0.1, -0.05) is 0 Å². The first kappa shape index (κ1) is 13.8. The van der Waals surface area contributed by atoms with Crippen LogP contribution >= 0.6 is 11.3 Å². The summed E-state index contributed by atoms with van der Waals surface area (Å²) < 4.78 is 0.934. The standard InChI is InChI=1S/C13H13N3O4S/c17-8-4-10(12(18)19)16(5-8)13(20)15-7-1-2-9-11(3-7)21-6-14-9/h1-3,6,8,10,17H,4-5H2,(H,15,20)(H,18,19)/t8-,10-/m0/s1. The number of amides is 2. The van der Waals surface area contributed by atoms with E-state index in [2.05, 4.69) is 10.3 Å². The minimum atomic E-state index is -1.11. The van der Waals surface area contributed by atoms with Gasteiger partial charge in [0.25, 0.3) is 0 Å². The first-order valence-electron chi connectivity index (χ1n) is 6.36. The van der Waals surface area contributed by atoms with Gasteiger partial charge in [0.2, 0.25) is 0 Å². The third-order valence-electron chi connectivity index (χ3n) is 3.41. The van der Waals surface area contributed by atoms with E-state index in [0.717, 1.165) is 15.1 Å². The van der Waals surface area contributed by atoms with E-state index in [4.69, 9.17) is 5.11 Å². The third-order valence-corrected chi connectivity index (χ3v) is 4.20. The Morgan fingerprint density at radius 2 is 2.24 bits per heavy atom. The predicted octanol–water partition coefficient (Wildman–Crippen LogP) is 1.35. The number of aliphatic carboxylic acids is 1. The van der Waals surface area contributed by atoms with Crippen molar-refractivity contribution in [3.8, 4) is 0 Å². The lowest BCUT2D eigenvalue weighted by atomic mass is 10.2. The largest absolute Gasteiger partial charge is 0.480 e. The Kier molecular flexibility index (Phi) is 3.48. The highest BCUT2D eigenvalue weighted by Gasteiger charge is 2.38. The molecule has 3 N–H and O–H groups in total. The molecular formula is C13H13N3O4S. The maximum Gasteiger partial charge on any atom is 0.326 e. The van der Waals surface area contributed by atoms with Crippen molar-refractivity contribution in [2.24, 2.45) is 0 Å². The van der Waals surface area contributed by atoms with Crippen LogP contribution in [0.15, 0.2) is 23.7 Å². The van der Waals surface area contributed by atoms with Crippen molar-refractivity contribution in [3.05, 3.63) is 23.7 Å². The van der Waals surface area contributed by atoms with Crippen molar-refractivity contribution in [1.29, 1.82) is 0 Å². The van der Waals surface area contributed by atoms with Gasteiger partial charge in [-0.2, -0.15) is 0 Å².